The van der Waals surface area contributed by atoms with E-state index < -0.39 is 0 Å². The van der Waals surface area contributed by atoms with Gasteiger partial charge in [-0.3, -0.25) is 0 Å². The van der Waals surface area contributed by atoms with E-state index in [4.69, 9.17) is 11.6 Å². The third-order valence-corrected chi connectivity index (χ3v) is 4.39. The van der Waals surface area contributed by atoms with E-state index in [0.29, 0.717) is 5.88 Å². The Morgan fingerprint density at radius 3 is 2.71 bits per heavy atom. The minimum atomic E-state index is 0.581. The largest absolute Gasteiger partial charge is 0.374 e. The maximum Gasteiger partial charge on any atom is 0.0494 e. The number of rotatable bonds is 4. The first kappa shape index (κ1) is 13.2. The Balaban J connectivity index is 2.11. The van der Waals surface area contributed by atoms with E-state index >= 15 is 0 Å². The van der Waals surface area contributed by atoms with Gasteiger partial charge in [-0.15, -0.1) is 11.6 Å². The first-order chi connectivity index (χ1) is 8.20. The smallest absolute Gasteiger partial charge is 0.0494 e. The molecule has 0 amide bonds. The van der Waals surface area contributed by atoms with E-state index in [1.54, 1.807) is 0 Å². The van der Waals surface area contributed by atoms with Crippen molar-refractivity contribution in [2.75, 3.05) is 18.5 Å². The third-order valence-electron chi connectivity index (χ3n) is 3.61. The van der Waals surface area contributed by atoms with Gasteiger partial charge in [0.05, 0.1) is 0 Å². The Labute approximate surface area is 117 Å². The molecule has 0 aliphatic heterocycles. The van der Waals surface area contributed by atoms with Crippen LogP contribution in [0, 0.1) is 5.92 Å². The average molecular weight is 317 g/mol. The normalized spacial score (nSPS) is 16.4. The highest BCUT2D eigenvalue weighted by Gasteiger charge is 2.18. The van der Waals surface area contributed by atoms with Crippen LogP contribution in [0.2, 0.25) is 0 Å². The Bertz CT molecular complexity index is 374. The van der Waals surface area contributed by atoms with E-state index in [9.17, 15) is 0 Å². The standard InChI is InChI=1S/C14H19BrClN/c1-17(10-11-4-2-3-5-11)14-8-13(15)7-6-12(14)9-16/h6-8,11H,2-5,9-10H2,1H3. The number of benzene rings is 1. The van der Waals surface area contributed by atoms with Crippen LogP contribution in [0.3, 0.4) is 0 Å². The molecule has 0 aromatic heterocycles. The van der Waals surface area contributed by atoms with E-state index in [2.05, 4.69) is 46.1 Å². The van der Waals surface area contributed by atoms with Crippen molar-refractivity contribution >= 4 is 33.2 Å². The SMILES string of the molecule is CN(CC1CCCC1)c1cc(Br)ccc1CCl. The highest BCUT2D eigenvalue weighted by Crippen LogP contribution is 2.30. The topological polar surface area (TPSA) is 3.24 Å². The third kappa shape index (κ3) is 3.38. The van der Waals surface area contributed by atoms with Crippen LogP contribution in [0.15, 0.2) is 22.7 Å². The summed E-state index contributed by atoms with van der Waals surface area (Å²) in [5, 5.41) is 0. The number of nitrogens with zero attached hydrogens (tertiary/aromatic N) is 1. The summed E-state index contributed by atoms with van der Waals surface area (Å²) in [5.74, 6) is 1.44. The number of halogens is 2. The molecule has 1 aromatic rings. The van der Waals surface area contributed by atoms with Gasteiger partial charge in [0.2, 0.25) is 0 Å². The Morgan fingerprint density at radius 1 is 1.35 bits per heavy atom. The second kappa shape index (κ2) is 6.10. The van der Waals surface area contributed by atoms with Crippen LogP contribution in [-0.4, -0.2) is 13.6 Å². The van der Waals surface area contributed by atoms with Crippen molar-refractivity contribution in [3.63, 3.8) is 0 Å². The molecular weight excluding hydrogens is 298 g/mol. The van der Waals surface area contributed by atoms with Crippen molar-refractivity contribution < 1.29 is 0 Å². The molecule has 0 saturated heterocycles. The zero-order chi connectivity index (χ0) is 12.3. The lowest BCUT2D eigenvalue weighted by Gasteiger charge is -2.25. The van der Waals surface area contributed by atoms with E-state index in [1.165, 1.54) is 36.9 Å². The molecule has 0 N–H and O–H groups in total. The fraction of sp³-hybridized carbons (Fsp3) is 0.571. The molecular formula is C14H19BrClN. The van der Waals surface area contributed by atoms with E-state index in [0.717, 1.165) is 16.9 Å². The summed E-state index contributed by atoms with van der Waals surface area (Å²) in [6.45, 7) is 1.15. The van der Waals surface area contributed by atoms with Crippen LogP contribution in [0.4, 0.5) is 5.69 Å². The predicted octanol–water partition coefficient (Wildman–Crippen LogP) is 4.81. The number of anilines is 1. The summed E-state index contributed by atoms with van der Waals surface area (Å²) in [6.07, 6.45) is 5.57. The van der Waals surface area contributed by atoms with Crippen molar-refractivity contribution in [3.8, 4) is 0 Å². The first-order valence-corrected chi connectivity index (χ1v) is 7.59. The molecule has 1 aromatic carbocycles. The van der Waals surface area contributed by atoms with E-state index in [1.807, 2.05) is 0 Å². The summed E-state index contributed by atoms with van der Waals surface area (Å²) in [7, 11) is 2.18. The molecule has 0 unspecified atom stereocenters. The van der Waals surface area contributed by atoms with Gasteiger partial charge in [0.25, 0.3) is 0 Å². The molecule has 1 nitrogen and oxygen atoms in total. The van der Waals surface area contributed by atoms with E-state index in [-0.39, 0.29) is 0 Å². The van der Waals surface area contributed by atoms with Crippen LogP contribution in [0.5, 0.6) is 0 Å². The molecule has 1 aliphatic carbocycles. The Morgan fingerprint density at radius 2 is 2.06 bits per heavy atom. The minimum Gasteiger partial charge on any atom is -0.374 e. The molecule has 94 valence electrons. The van der Waals surface area contributed by atoms with Crippen molar-refractivity contribution in [1.82, 2.24) is 0 Å². The fourth-order valence-electron chi connectivity index (χ4n) is 2.68. The molecule has 1 saturated carbocycles. The number of hydrogen-bond donors (Lipinski definition) is 0. The predicted molar refractivity (Wildman–Crippen MR) is 78.9 cm³/mol. The van der Waals surface area contributed by atoms with Gasteiger partial charge in [0, 0.05) is 29.6 Å². The van der Waals surface area contributed by atoms with Crippen LogP contribution < -0.4 is 4.90 Å². The van der Waals surface area contributed by atoms with Gasteiger partial charge in [-0.05, 0) is 36.5 Å². The quantitative estimate of drug-likeness (QED) is 0.720. The van der Waals surface area contributed by atoms with Gasteiger partial charge in [-0.25, -0.2) is 0 Å². The Kier molecular flexibility index (Phi) is 4.75. The summed E-state index contributed by atoms with van der Waals surface area (Å²) >= 11 is 9.54. The summed E-state index contributed by atoms with van der Waals surface area (Å²) in [5.41, 5.74) is 2.48. The van der Waals surface area contributed by atoms with Gasteiger partial charge in [0.15, 0.2) is 0 Å². The van der Waals surface area contributed by atoms with Gasteiger partial charge < -0.3 is 4.90 Å². The van der Waals surface area contributed by atoms with Gasteiger partial charge in [-0.1, -0.05) is 34.8 Å². The molecule has 0 atom stereocenters. The van der Waals surface area contributed by atoms with Crippen LogP contribution in [0.25, 0.3) is 0 Å². The number of hydrogen-bond acceptors (Lipinski definition) is 1. The molecule has 1 aliphatic rings. The average Bonchev–Trinajstić information content (AvgIpc) is 2.81. The van der Waals surface area contributed by atoms with Crippen LogP contribution in [-0.2, 0) is 5.88 Å². The summed E-state index contributed by atoms with van der Waals surface area (Å²) in [6, 6.07) is 6.34. The van der Waals surface area contributed by atoms with Crippen molar-refractivity contribution in [3.05, 3.63) is 28.2 Å². The maximum atomic E-state index is 6.00. The first-order valence-electron chi connectivity index (χ1n) is 6.26. The zero-order valence-electron chi connectivity index (χ0n) is 10.3. The Hall–Kier alpha value is -0.210. The molecule has 0 radical (unpaired) electrons. The molecule has 1 fully saturated rings. The summed E-state index contributed by atoms with van der Waals surface area (Å²) in [4.78, 5) is 2.36. The van der Waals surface area contributed by atoms with Gasteiger partial charge in [0.1, 0.15) is 0 Å². The molecule has 0 heterocycles. The van der Waals surface area contributed by atoms with Crippen molar-refractivity contribution in [2.24, 2.45) is 5.92 Å². The zero-order valence-corrected chi connectivity index (χ0v) is 12.6. The van der Waals surface area contributed by atoms with Crippen LogP contribution in [0.1, 0.15) is 31.2 Å². The minimum absolute atomic E-state index is 0.581. The maximum absolute atomic E-state index is 6.00. The summed E-state index contributed by atoms with van der Waals surface area (Å²) < 4.78 is 1.12. The lowest BCUT2D eigenvalue weighted by molar-refractivity contribution is 0.546. The highest BCUT2D eigenvalue weighted by atomic mass is 79.9. The van der Waals surface area contributed by atoms with Crippen molar-refractivity contribution in [2.45, 2.75) is 31.6 Å². The van der Waals surface area contributed by atoms with Gasteiger partial charge >= 0.3 is 0 Å². The molecule has 2 rings (SSSR count). The lowest BCUT2D eigenvalue weighted by Crippen LogP contribution is -2.24. The molecule has 3 heteroatoms. The monoisotopic (exact) mass is 315 g/mol. The molecule has 0 bridgehead atoms. The fourth-order valence-corrected chi connectivity index (χ4v) is 3.26. The van der Waals surface area contributed by atoms with Crippen LogP contribution >= 0.6 is 27.5 Å². The van der Waals surface area contributed by atoms with Gasteiger partial charge in [-0.2, -0.15) is 0 Å². The molecule has 0 spiro atoms. The highest BCUT2D eigenvalue weighted by molar-refractivity contribution is 9.10. The second-order valence-electron chi connectivity index (χ2n) is 4.94. The van der Waals surface area contributed by atoms with Crippen molar-refractivity contribution in [1.29, 1.82) is 0 Å². The molecule has 17 heavy (non-hydrogen) atoms. The number of alkyl halides is 1. The lowest BCUT2D eigenvalue weighted by atomic mass is 10.1. The second-order valence-corrected chi connectivity index (χ2v) is 6.12.